The van der Waals surface area contributed by atoms with Gasteiger partial charge < -0.3 is 15.0 Å². The maximum atomic E-state index is 13.0. The van der Waals surface area contributed by atoms with E-state index in [1.54, 1.807) is 7.11 Å². The van der Waals surface area contributed by atoms with Crippen LogP contribution >= 0.6 is 0 Å². The lowest BCUT2D eigenvalue weighted by Crippen LogP contribution is -2.37. The van der Waals surface area contributed by atoms with Gasteiger partial charge in [-0.2, -0.15) is 0 Å². The van der Waals surface area contributed by atoms with Gasteiger partial charge in [-0.05, 0) is 38.0 Å². The number of carbonyl (C=O) groups excluding carboxylic acids is 1. The maximum absolute atomic E-state index is 13.0. The quantitative estimate of drug-likeness (QED) is 0.750. The van der Waals surface area contributed by atoms with E-state index in [-0.39, 0.29) is 11.9 Å². The number of imidazole rings is 1. The van der Waals surface area contributed by atoms with Crippen molar-refractivity contribution in [1.29, 1.82) is 0 Å². The Labute approximate surface area is 146 Å². The van der Waals surface area contributed by atoms with Gasteiger partial charge in [0.2, 0.25) is 5.91 Å². The fraction of sp³-hybridized carbons (Fsp3) is 0.300. The van der Waals surface area contributed by atoms with E-state index in [4.69, 9.17) is 4.74 Å². The summed E-state index contributed by atoms with van der Waals surface area (Å²) in [5.74, 6) is 1.57. The summed E-state index contributed by atoms with van der Waals surface area (Å²) in [6.45, 7) is 1.95. The van der Waals surface area contributed by atoms with E-state index in [0.29, 0.717) is 0 Å². The third-order valence-corrected chi connectivity index (χ3v) is 4.97. The number of benzene rings is 2. The molecule has 0 aliphatic heterocycles. The average Bonchev–Trinajstić information content (AvgIpc) is 3.33. The molecule has 1 unspecified atom stereocenters. The molecule has 2 N–H and O–H groups in total. The first-order chi connectivity index (χ1) is 12.1. The van der Waals surface area contributed by atoms with Crippen molar-refractivity contribution in [2.45, 2.75) is 31.2 Å². The Hall–Kier alpha value is -2.82. The molecule has 3 aromatic rings. The van der Waals surface area contributed by atoms with Crippen LogP contribution in [0.1, 0.15) is 37.2 Å². The molecule has 1 aromatic heterocycles. The van der Waals surface area contributed by atoms with Crippen molar-refractivity contribution < 1.29 is 9.53 Å². The second kappa shape index (κ2) is 5.92. The largest absolute Gasteiger partial charge is 0.496 e. The molecule has 0 radical (unpaired) electrons. The van der Waals surface area contributed by atoms with Gasteiger partial charge in [0.05, 0.1) is 29.6 Å². The van der Waals surface area contributed by atoms with Crippen molar-refractivity contribution in [2.75, 3.05) is 7.11 Å². The number of aromatic nitrogens is 2. The molecule has 5 heteroatoms. The van der Waals surface area contributed by atoms with Gasteiger partial charge in [-0.1, -0.05) is 30.3 Å². The van der Waals surface area contributed by atoms with E-state index in [2.05, 4.69) is 15.3 Å². The van der Waals surface area contributed by atoms with Gasteiger partial charge in [-0.3, -0.25) is 4.79 Å². The number of rotatable bonds is 5. The fourth-order valence-electron chi connectivity index (χ4n) is 3.36. The van der Waals surface area contributed by atoms with Crippen LogP contribution in [0.15, 0.2) is 48.5 Å². The molecule has 128 valence electrons. The van der Waals surface area contributed by atoms with Crippen molar-refractivity contribution in [1.82, 2.24) is 15.3 Å². The zero-order chi connectivity index (χ0) is 17.4. The topological polar surface area (TPSA) is 67.0 Å². The summed E-state index contributed by atoms with van der Waals surface area (Å²) in [5.41, 5.74) is 2.37. The molecule has 2 aromatic carbocycles. The monoisotopic (exact) mass is 335 g/mol. The van der Waals surface area contributed by atoms with Gasteiger partial charge in [0.1, 0.15) is 11.6 Å². The second-order valence-corrected chi connectivity index (χ2v) is 6.62. The summed E-state index contributed by atoms with van der Waals surface area (Å²) < 4.78 is 5.45. The Morgan fingerprint density at radius 3 is 2.64 bits per heavy atom. The molecule has 1 atom stereocenters. The smallest absolute Gasteiger partial charge is 0.231 e. The Morgan fingerprint density at radius 2 is 1.92 bits per heavy atom. The molecule has 1 saturated carbocycles. The predicted octanol–water partition coefficient (Wildman–Crippen LogP) is 3.48. The van der Waals surface area contributed by atoms with Crippen LogP contribution in [0.4, 0.5) is 0 Å². The predicted molar refractivity (Wildman–Crippen MR) is 96.6 cm³/mol. The van der Waals surface area contributed by atoms with Gasteiger partial charge in [0, 0.05) is 5.56 Å². The number of ether oxygens (including phenoxy) is 1. The number of methoxy groups -OCH3 is 1. The summed E-state index contributed by atoms with van der Waals surface area (Å²) in [5, 5.41) is 3.12. The van der Waals surface area contributed by atoms with E-state index in [9.17, 15) is 4.79 Å². The van der Waals surface area contributed by atoms with Crippen molar-refractivity contribution in [2.24, 2.45) is 0 Å². The lowest BCUT2D eigenvalue weighted by molar-refractivity contribution is -0.124. The zero-order valence-corrected chi connectivity index (χ0v) is 14.4. The highest BCUT2D eigenvalue weighted by Gasteiger charge is 2.53. The van der Waals surface area contributed by atoms with Crippen LogP contribution in [-0.2, 0) is 10.2 Å². The van der Waals surface area contributed by atoms with Crippen molar-refractivity contribution in [3.05, 3.63) is 59.9 Å². The Balaban J connectivity index is 1.57. The van der Waals surface area contributed by atoms with E-state index in [0.717, 1.165) is 41.0 Å². The average molecular weight is 335 g/mol. The summed E-state index contributed by atoms with van der Waals surface area (Å²) in [6, 6.07) is 15.4. The van der Waals surface area contributed by atoms with Crippen LogP contribution in [0.25, 0.3) is 11.0 Å². The number of aromatic amines is 1. The van der Waals surface area contributed by atoms with Crippen molar-refractivity contribution in [3.8, 4) is 5.75 Å². The standard InChI is InChI=1S/C20H21N3O2/c1-13(18-22-15-8-4-5-9-16(15)23-18)21-19(24)20(11-12-20)14-7-3-6-10-17(14)25-2/h3-10,13H,11-12H2,1-2H3,(H,21,24)(H,22,23). The van der Waals surface area contributed by atoms with Gasteiger partial charge in [-0.15, -0.1) is 0 Å². The molecule has 25 heavy (non-hydrogen) atoms. The molecule has 0 spiro atoms. The van der Waals surface area contributed by atoms with Crippen LogP contribution in [0, 0.1) is 0 Å². The number of amides is 1. The van der Waals surface area contributed by atoms with Crippen LogP contribution in [0.5, 0.6) is 5.75 Å². The summed E-state index contributed by atoms with van der Waals surface area (Å²) in [7, 11) is 1.64. The molecule has 1 aliphatic rings. The molecule has 5 nitrogen and oxygen atoms in total. The molecule has 0 saturated heterocycles. The third-order valence-electron chi connectivity index (χ3n) is 4.97. The number of para-hydroxylation sites is 3. The van der Waals surface area contributed by atoms with Crippen LogP contribution in [-0.4, -0.2) is 23.0 Å². The number of H-pyrrole nitrogens is 1. The normalized spacial score (nSPS) is 16.4. The number of carbonyl (C=O) groups is 1. The molecular formula is C20H21N3O2. The fourth-order valence-corrected chi connectivity index (χ4v) is 3.36. The number of hydrogen-bond donors (Lipinski definition) is 2. The second-order valence-electron chi connectivity index (χ2n) is 6.62. The summed E-state index contributed by atoms with van der Waals surface area (Å²) in [4.78, 5) is 20.9. The zero-order valence-electron chi connectivity index (χ0n) is 14.4. The number of hydrogen-bond acceptors (Lipinski definition) is 3. The highest BCUT2D eigenvalue weighted by molar-refractivity contribution is 5.92. The molecule has 4 rings (SSSR count). The Kier molecular flexibility index (Phi) is 3.71. The first-order valence-electron chi connectivity index (χ1n) is 8.53. The first kappa shape index (κ1) is 15.7. The molecular weight excluding hydrogens is 314 g/mol. The van der Waals surface area contributed by atoms with Crippen molar-refractivity contribution in [3.63, 3.8) is 0 Å². The molecule has 1 heterocycles. The summed E-state index contributed by atoms with van der Waals surface area (Å²) in [6.07, 6.45) is 1.68. The Morgan fingerprint density at radius 1 is 1.20 bits per heavy atom. The third kappa shape index (κ3) is 2.65. The highest BCUT2D eigenvalue weighted by atomic mass is 16.5. The van der Waals surface area contributed by atoms with Crippen molar-refractivity contribution >= 4 is 16.9 Å². The van der Waals surface area contributed by atoms with Gasteiger partial charge in [-0.25, -0.2) is 4.98 Å². The Bertz CT molecular complexity index is 894. The highest BCUT2D eigenvalue weighted by Crippen LogP contribution is 2.51. The molecule has 1 fully saturated rings. The lowest BCUT2D eigenvalue weighted by atomic mass is 9.93. The summed E-state index contributed by atoms with van der Waals surface area (Å²) >= 11 is 0. The minimum atomic E-state index is -0.479. The van der Waals surface area contributed by atoms with E-state index >= 15 is 0 Å². The SMILES string of the molecule is COc1ccccc1C1(C(=O)NC(C)c2nc3ccccc3[nH]2)CC1. The van der Waals surface area contributed by atoms with Gasteiger partial charge >= 0.3 is 0 Å². The molecule has 0 bridgehead atoms. The maximum Gasteiger partial charge on any atom is 0.231 e. The number of nitrogens with zero attached hydrogens (tertiary/aromatic N) is 1. The van der Waals surface area contributed by atoms with E-state index in [1.165, 1.54) is 0 Å². The minimum absolute atomic E-state index is 0.0324. The van der Waals surface area contributed by atoms with E-state index < -0.39 is 5.41 Å². The number of fused-ring (bicyclic) bond motifs is 1. The van der Waals surface area contributed by atoms with E-state index in [1.807, 2.05) is 55.5 Å². The van der Waals surface area contributed by atoms with Crippen LogP contribution < -0.4 is 10.1 Å². The lowest BCUT2D eigenvalue weighted by Gasteiger charge is -2.20. The van der Waals surface area contributed by atoms with Gasteiger partial charge in [0.25, 0.3) is 0 Å². The van der Waals surface area contributed by atoms with Gasteiger partial charge in [0.15, 0.2) is 0 Å². The first-order valence-corrected chi connectivity index (χ1v) is 8.53. The number of nitrogens with one attached hydrogen (secondary N) is 2. The minimum Gasteiger partial charge on any atom is -0.496 e. The van der Waals surface area contributed by atoms with Crippen LogP contribution in [0.2, 0.25) is 0 Å². The van der Waals surface area contributed by atoms with Crippen LogP contribution in [0.3, 0.4) is 0 Å². The molecule has 1 aliphatic carbocycles. The molecule has 1 amide bonds.